The SMILES string of the molecule is CSCCC(NC(=O)c1ccccc1)C(=O)NCC(F)(F)F. The normalized spacial score (nSPS) is 12.5. The molecule has 0 fully saturated rings. The van der Waals surface area contributed by atoms with Crippen LogP contribution in [0.4, 0.5) is 13.2 Å². The summed E-state index contributed by atoms with van der Waals surface area (Å²) >= 11 is 1.44. The van der Waals surface area contributed by atoms with E-state index >= 15 is 0 Å². The molecule has 0 aromatic heterocycles. The van der Waals surface area contributed by atoms with Gasteiger partial charge in [0.05, 0.1) is 0 Å². The molecule has 1 rings (SSSR count). The Morgan fingerprint density at radius 1 is 1.23 bits per heavy atom. The maximum atomic E-state index is 12.2. The van der Waals surface area contributed by atoms with E-state index in [9.17, 15) is 22.8 Å². The molecule has 22 heavy (non-hydrogen) atoms. The lowest BCUT2D eigenvalue weighted by molar-refractivity contribution is -0.139. The minimum absolute atomic E-state index is 0.253. The van der Waals surface area contributed by atoms with E-state index in [-0.39, 0.29) is 6.42 Å². The van der Waals surface area contributed by atoms with E-state index < -0.39 is 30.6 Å². The Morgan fingerprint density at radius 2 is 1.86 bits per heavy atom. The smallest absolute Gasteiger partial charge is 0.345 e. The molecule has 0 spiro atoms. The lowest BCUT2D eigenvalue weighted by Crippen LogP contribution is -2.49. The van der Waals surface area contributed by atoms with Crippen molar-refractivity contribution >= 4 is 23.6 Å². The van der Waals surface area contributed by atoms with Crippen LogP contribution in [0.1, 0.15) is 16.8 Å². The number of thioether (sulfide) groups is 1. The fraction of sp³-hybridized carbons (Fsp3) is 0.429. The van der Waals surface area contributed by atoms with Gasteiger partial charge in [0.1, 0.15) is 12.6 Å². The summed E-state index contributed by atoms with van der Waals surface area (Å²) in [6, 6.07) is 7.19. The fourth-order valence-corrected chi connectivity index (χ4v) is 2.12. The van der Waals surface area contributed by atoms with Crippen LogP contribution in [0.3, 0.4) is 0 Å². The minimum atomic E-state index is -4.48. The molecule has 0 aliphatic carbocycles. The number of carbonyl (C=O) groups excluding carboxylic acids is 2. The van der Waals surface area contributed by atoms with Crippen LogP contribution in [0.2, 0.25) is 0 Å². The summed E-state index contributed by atoms with van der Waals surface area (Å²) in [5.41, 5.74) is 0.347. The Labute approximate surface area is 130 Å². The van der Waals surface area contributed by atoms with Gasteiger partial charge in [-0.25, -0.2) is 0 Å². The summed E-state index contributed by atoms with van der Waals surface area (Å²) in [5.74, 6) is -0.788. The van der Waals surface area contributed by atoms with E-state index in [0.29, 0.717) is 11.3 Å². The minimum Gasteiger partial charge on any atom is -0.345 e. The number of carbonyl (C=O) groups is 2. The highest BCUT2D eigenvalue weighted by atomic mass is 32.2. The number of hydrogen-bond donors (Lipinski definition) is 2. The van der Waals surface area contributed by atoms with Gasteiger partial charge < -0.3 is 10.6 Å². The predicted molar refractivity (Wildman–Crippen MR) is 79.8 cm³/mol. The van der Waals surface area contributed by atoms with Gasteiger partial charge in [0.15, 0.2) is 0 Å². The number of hydrogen-bond acceptors (Lipinski definition) is 3. The first kappa shape index (κ1) is 18.3. The van der Waals surface area contributed by atoms with Gasteiger partial charge in [-0.15, -0.1) is 0 Å². The highest BCUT2D eigenvalue weighted by molar-refractivity contribution is 7.98. The van der Waals surface area contributed by atoms with E-state index in [0.717, 1.165) is 0 Å². The molecule has 1 aromatic carbocycles. The van der Waals surface area contributed by atoms with Crippen molar-refractivity contribution in [3.8, 4) is 0 Å². The van der Waals surface area contributed by atoms with Crippen molar-refractivity contribution in [3.05, 3.63) is 35.9 Å². The third kappa shape index (κ3) is 6.84. The van der Waals surface area contributed by atoms with Gasteiger partial charge in [-0.2, -0.15) is 24.9 Å². The third-order valence-corrected chi connectivity index (χ3v) is 3.38. The lowest BCUT2D eigenvalue weighted by atomic mass is 10.1. The average Bonchev–Trinajstić information content (AvgIpc) is 2.49. The molecule has 0 radical (unpaired) electrons. The molecule has 4 nitrogen and oxygen atoms in total. The number of nitrogens with one attached hydrogen (secondary N) is 2. The van der Waals surface area contributed by atoms with Gasteiger partial charge in [-0.3, -0.25) is 9.59 Å². The first-order valence-corrected chi connectivity index (χ1v) is 7.92. The van der Waals surface area contributed by atoms with Crippen LogP contribution in [-0.4, -0.2) is 42.6 Å². The number of alkyl halides is 3. The van der Waals surface area contributed by atoms with Crippen LogP contribution >= 0.6 is 11.8 Å². The summed E-state index contributed by atoms with van der Waals surface area (Å²) in [4.78, 5) is 23.8. The summed E-state index contributed by atoms with van der Waals surface area (Å²) in [7, 11) is 0. The van der Waals surface area contributed by atoms with Gasteiger partial charge >= 0.3 is 6.18 Å². The van der Waals surface area contributed by atoms with Gasteiger partial charge in [-0.05, 0) is 30.6 Å². The zero-order chi connectivity index (χ0) is 16.6. The Bertz CT molecular complexity index is 495. The van der Waals surface area contributed by atoms with E-state index in [2.05, 4.69) is 5.32 Å². The molecule has 2 amide bonds. The molecule has 1 unspecified atom stereocenters. The van der Waals surface area contributed by atoms with Crippen LogP contribution in [0.5, 0.6) is 0 Å². The Hall–Kier alpha value is -1.70. The second kappa shape index (κ2) is 8.67. The fourth-order valence-electron chi connectivity index (χ4n) is 1.65. The number of amides is 2. The zero-order valence-electron chi connectivity index (χ0n) is 11.9. The molecule has 0 saturated carbocycles. The van der Waals surface area contributed by atoms with Crippen LogP contribution in [0, 0.1) is 0 Å². The molecule has 0 bridgehead atoms. The number of halogens is 3. The maximum Gasteiger partial charge on any atom is 0.405 e. The maximum absolute atomic E-state index is 12.2. The quantitative estimate of drug-likeness (QED) is 0.804. The van der Waals surface area contributed by atoms with Crippen molar-refractivity contribution in [1.82, 2.24) is 10.6 Å². The third-order valence-electron chi connectivity index (χ3n) is 2.73. The van der Waals surface area contributed by atoms with Crippen LogP contribution in [0.25, 0.3) is 0 Å². The highest BCUT2D eigenvalue weighted by Crippen LogP contribution is 2.12. The first-order valence-electron chi connectivity index (χ1n) is 6.53. The predicted octanol–water partition coefficient (Wildman–Crippen LogP) is 2.22. The molecule has 1 aromatic rings. The molecule has 8 heteroatoms. The molecule has 122 valence electrons. The lowest BCUT2D eigenvalue weighted by Gasteiger charge is -2.18. The van der Waals surface area contributed by atoms with Crippen molar-refractivity contribution < 1.29 is 22.8 Å². The summed E-state index contributed by atoms with van der Waals surface area (Å²) in [6.07, 6.45) is -2.42. The zero-order valence-corrected chi connectivity index (χ0v) is 12.8. The van der Waals surface area contributed by atoms with Crippen molar-refractivity contribution in [1.29, 1.82) is 0 Å². The molecule has 0 aliphatic heterocycles. The van der Waals surface area contributed by atoms with Gasteiger partial charge in [-0.1, -0.05) is 18.2 Å². The Kier molecular flexibility index (Phi) is 7.23. The molecule has 1 atom stereocenters. The Morgan fingerprint density at radius 3 is 2.41 bits per heavy atom. The summed E-state index contributed by atoms with van der Waals surface area (Å²) < 4.78 is 36.5. The van der Waals surface area contributed by atoms with E-state index in [1.807, 2.05) is 6.26 Å². The van der Waals surface area contributed by atoms with Crippen molar-refractivity contribution in [2.24, 2.45) is 0 Å². The highest BCUT2D eigenvalue weighted by Gasteiger charge is 2.30. The standard InChI is InChI=1S/C14H17F3N2O2S/c1-22-8-7-11(13(21)18-9-14(15,16)17)19-12(20)10-5-3-2-4-6-10/h2-6,11H,7-9H2,1H3,(H,18,21)(H,19,20). The molecule has 0 heterocycles. The average molecular weight is 334 g/mol. The van der Waals surface area contributed by atoms with Crippen LogP contribution in [0.15, 0.2) is 30.3 Å². The monoisotopic (exact) mass is 334 g/mol. The molecule has 0 aliphatic rings. The summed E-state index contributed by atoms with van der Waals surface area (Å²) in [6.45, 7) is -1.41. The van der Waals surface area contributed by atoms with E-state index in [4.69, 9.17) is 0 Å². The number of rotatable bonds is 7. The topological polar surface area (TPSA) is 58.2 Å². The summed E-state index contributed by atoms with van der Waals surface area (Å²) in [5, 5.41) is 4.27. The molecule has 0 saturated heterocycles. The largest absolute Gasteiger partial charge is 0.405 e. The van der Waals surface area contributed by atoms with Crippen LogP contribution in [-0.2, 0) is 4.79 Å². The second-order valence-electron chi connectivity index (χ2n) is 4.51. The molecule has 2 N–H and O–H groups in total. The first-order chi connectivity index (χ1) is 10.3. The molecular formula is C14H17F3N2O2S. The van der Waals surface area contributed by atoms with Gasteiger partial charge in [0, 0.05) is 5.56 Å². The van der Waals surface area contributed by atoms with Crippen molar-refractivity contribution in [2.45, 2.75) is 18.6 Å². The van der Waals surface area contributed by atoms with Crippen molar-refractivity contribution in [2.75, 3.05) is 18.6 Å². The Balaban J connectivity index is 2.67. The number of benzene rings is 1. The van der Waals surface area contributed by atoms with E-state index in [1.165, 1.54) is 11.8 Å². The van der Waals surface area contributed by atoms with Gasteiger partial charge in [0.2, 0.25) is 5.91 Å². The van der Waals surface area contributed by atoms with Gasteiger partial charge in [0.25, 0.3) is 5.91 Å². The van der Waals surface area contributed by atoms with Crippen molar-refractivity contribution in [3.63, 3.8) is 0 Å². The second-order valence-corrected chi connectivity index (χ2v) is 5.49. The molecular weight excluding hydrogens is 317 g/mol. The van der Waals surface area contributed by atoms with E-state index in [1.54, 1.807) is 35.6 Å². The van der Waals surface area contributed by atoms with Crippen LogP contribution < -0.4 is 10.6 Å².